The van der Waals surface area contributed by atoms with Gasteiger partial charge in [0.15, 0.2) is 0 Å². The lowest BCUT2D eigenvalue weighted by molar-refractivity contribution is -0.385. The molecule has 0 atom stereocenters. The molecule has 0 aliphatic heterocycles. The monoisotopic (exact) mass is 326 g/mol. The van der Waals surface area contributed by atoms with Crippen LogP contribution in [-0.4, -0.2) is 10.8 Å². The van der Waals surface area contributed by atoms with Crippen LogP contribution in [0.1, 0.15) is 10.4 Å². The van der Waals surface area contributed by atoms with Gasteiger partial charge in [-0.05, 0) is 35.0 Å². The Morgan fingerprint density at radius 3 is 2.48 bits per heavy atom. The molecule has 0 aliphatic carbocycles. The van der Waals surface area contributed by atoms with Crippen molar-refractivity contribution >= 4 is 39.7 Å². The predicted octanol–water partition coefficient (Wildman–Crippen LogP) is 4.65. The Hall–Kier alpha value is -2.92. The summed E-state index contributed by atoms with van der Waals surface area (Å²) in [5.74, 6) is -0.552. The Kier molecular flexibility index (Phi) is 3.95. The number of amides is 1. The van der Waals surface area contributed by atoms with Crippen molar-refractivity contribution in [2.24, 2.45) is 0 Å². The summed E-state index contributed by atoms with van der Waals surface area (Å²) in [7, 11) is 0. The van der Waals surface area contributed by atoms with E-state index in [1.807, 2.05) is 36.4 Å². The van der Waals surface area contributed by atoms with E-state index in [1.54, 1.807) is 6.07 Å². The second-order valence-electron chi connectivity index (χ2n) is 4.93. The van der Waals surface area contributed by atoms with E-state index in [2.05, 4.69) is 5.32 Å². The van der Waals surface area contributed by atoms with Gasteiger partial charge >= 0.3 is 0 Å². The average Bonchev–Trinajstić information content (AvgIpc) is 2.54. The van der Waals surface area contributed by atoms with Crippen molar-refractivity contribution in [3.05, 3.63) is 81.4 Å². The molecule has 0 aliphatic rings. The molecule has 0 fully saturated rings. The molecule has 1 amide bonds. The van der Waals surface area contributed by atoms with Gasteiger partial charge in [-0.25, -0.2) is 0 Å². The molecule has 3 aromatic rings. The zero-order chi connectivity index (χ0) is 16.4. The Morgan fingerprint density at radius 1 is 1.00 bits per heavy atom. The number of carbonyl (C=O) groups excluding carboxylic acids is 1. The standard InChI is InChI=1S/C17H11ClN2O3/c18-13-6-8-15(16(10-13)20(22)23)17(21)19-14-7-5-11-3-1-2-4-12(11)9-14/h1-10H,(H,19,21). The van der Waals surface area contributed by atoms with Crippen LogP contribution in [0.5, 0.6) is 0 Å². The molecule has 0 spiro atoms. The molecule has 23 heavy (non-hydrogen) atoms. The SMILES string of the molecule is O=C(Nc1ccc2ccccc2c1)c1ccc(Cl)cc1[N+](=O)[O-]. The Bertz CT molecular complexity index is 925. The van der Waals surface area contributed by atoms with E-state index in [4.69, 9.17) is 11.6 Å². The van der Waals surface area contributed by atoms with E-state index in [-0.39, 0.29) is 16.3 Å². The van der Waals surface area contributed by atoms with E-state index < -0.39 is 10.8 Å². The van der Waals surface area contributed by atoms with E-state index in [0.717, 1.165) is 16.8 Å². The van der Waals surface area contributed by atoms with Crippen LogP contribution in [0.15, 0.2) is 60.7 Å². The largest absolute Gasteiger partial charge is 0.322 e. The number of anilines is 1. The number of benzene rings is 3. The number of nitro benzene ring substituents is 1. The van der Waals surface area contributed by atoms with E-state index in [1.165, 1.54) is 12.1 Å². The van der Waals surface area contributed by atoms with Gasteiger partial charge in [0.25, 0.3) is 11.6 Å². The van der Waals surface area contributed by atoms with Crippen LogP contribution in [0.2, 0.25) is 5.02 Å². The number of hydrogen-bond acceptors (Lipinski definition) is 3. The molecule has 1 N–H and O–H groups in total. The summed E-state index contributed by atoms with van der Waals surface area (Å²) < 4.78 is 0. The number of rotatable bonds is 3. The van der Waals surface area contributed by atoms with E-state index in [9.17, 15) is 14.9 Å². The van der Waals surface area contributed by atoms with Crippen LogP contribution in [0.3, 0.4) is 0 Å². The average molecular weight is 327 g/mol. The minimum absolute atomic E-state index is 0.0347. The van der Waals surface area contributed by atoms with Crippen LogP contribution in [0.4, 0.5) is 11.4 Å². The summed E-state index contributed by atoms with van der Waals surface area (Å²) in [6.07, 6.45) is 0. The van der Waals surface area contributed by atoms with Crippen LogP contribution in [-0.2, 0) is 0 Å². The van der Waals surface area contributed by atoms with Gasteiger partial charge in [-0.1, -0.05) is 41.9 Å². The highest BCUT2D eigenvalue weighted by Crippen LogP contribution is 2.25. The number of fused-ring (bicyclic) bond motifs is 1. The summed E-state index contributed by atoms with van der Waals surface area (Å²) in [4.78, 5) is 22.8. The minimum atomic E-state index is -0.624. The second-order valence-corrected chi connectivity index (χ2v) is 5.37. The van der Waals surface area contributed by atoms with Gasteiger partial charge in [-0.15, -0.1) is 0 Å². The summed E-state index contributed by atoms with van der Waals surface area (Å²) in [5.41, 5.74) is 0.210. The van der Waals surface area contributed by atoms with Gasteiger partial charge in [0.05, 0.1) is 4.92 Å². The number of nitro groups is 1. The number of nitrogens with zero attached hydrogens (tertiary/aromatic N) is 1. The third-order valence-electron chi connectivity index (χ3n) is 3.41. The topological polar surface area (TPSA) is 72.2 Å². The summed E-state index contributed by atoms with van der Waals surface area (Å²) in [6, 6.07) is 17.1. The molecule has 5 nitrogen and oxygen atoms in total. The molecule has 0 bridgehead atoms. The van der Waals surface area contributed by atoms with Crippen LogP contribution < -0.4 is 5.32 Å². The molecule has 0 heterocycles. The number of hydrogen-bond donors (Lipinski definition) is 1. The molecule has 0 saturated heterocycles. The van der Waals surface area contributed by atoms with Gasteiger partial charge in [-0.3, -0.25) is 14.9 Å². The first kappa shape index (κ1) is 15.0. The maximum Gasteiger partial charge on any atom is 0.283 e. The molecule has 3 aromatic carbocycles. The first-order chi connectivity index (χ1) is 11.0. The summed E-state index contributed by atoms with van der Waals surface area (Å²) in [5, 5.41) is 16.0. The Balaban J connectivity index is 1.93. The van der Waals surface area contributed by atoms with Gasteiger partial charge < -0.3 is 5.32 Å². The summed E-state index contributed by atoms with van der Waals surface area (Å²) in [6.45, 7) is 0. The molecule has 6 heteroatoms. The van der Waals surface area contributed by atoms with Gasteiger partial charge in [0.1, 0.15) is 5.56 Å². The van der Waals surface area contributed by atoms with Crippen molar-refractivity contribution in [1.82, 2.24) is 0 Å². The number of nitrogens with one attached hydrogen (secondary N) is 1. The smallest absolute Gasteiger partial charge is 0.283 e. The van der Waals surface area contributed by atoms with Crippen molar-refractivity contribution in [3.8, 4) is 0 Å². The van der Waals surface area contributed by atoms with E-state index >= 15 is 0 Å². The van der Waals surface area contributed by atoms with Crippen molar-refractivity contribution in [3.63, 3.8) is 0 Å². The molecule has 3 rings (SSSR count). The molecule has 0 radical (unpaired) electrons. The zero-order valence-corrected chi connectivity index (χ0v) is 12.6. The molecule has 0 saturated carbocycles. The molecule has 0 unspecified atom stereocenters. The van der Waals surface area contributed by atoms with Crippen LogP contribution in [0, 0.1) is 10.1 Å². The zero-order valence-electron chi connectivity index (χ0n) is 11.8. The predicted molar refractivity (Wildman–Crippen MR) is 90.0 cm³/mol. The third kappa shape index (κ3) is 3.14. The van der Waals surface area contributed by atoms with Crippen molar-refractivity contribution in [1.29, 1.82) is 0 Å². The highest BCUT2D eigenvalue weighted by molar-refractivity contribution is 6.31. The third-order valence-corrected chi connectivity index (χ3v) is 3.64. The van der Waals surface area contributed by atoms with Gasteiger partial charge in [0, 0.05) is 16.8 Å². The maximum atomic E-state index is 12.3. The van der Waals surface area contributed by atoms with E-state index in [0.29, 0.717) is 5.69 Å². The van der Waals surface area contributed by atoms with Crippen molar-refractivity contribution in [2.75, 3.05) is 5.32 Å². The maximum absolute atomic E-state index is 12.3. The lowest BCUT2D eigenvalue weighted by Gasteiger charge is -2.07. The number of carbonyl (C=O) groups is 1. The molecular formula is C17H11ClN2O3. The van der Waals surface area contributed by atoms with Crippen LogP contribution >= 0.6 is 11.6 Å². The molecular weight excluding hydrogens is 316 g/mol. The highest BCUT2D eigenvalue weighted by atomic mass is 35.5. The highest BCUT2D eigenvalue weighted by Gasteiger charge is 2.20. The first-order valence-corrected chi connectivity index (χ1v) is 7.16. The lowest BCUT2D eigenvalue weighted by Crippen LogP contribution is -2.13. The fourth-order valence-corrected chi connectivity index (χ4v) is 2.48. The van der Waals surface area contributed by atoms with Gasteiger partial charge in [-0.2, -0.15) is 0 Å². The first-order valence-electron chi connectivity index (χ1n) is 6.79. The van der Waals surface area contributed by atoms with Crippen molar-refractivity contribution in [2.45, 2.75) is 0 Å². The van der Waals surface area contributed by atoms with Gasteiger partial charge in [0.2, 0.25) is 0 Å². The van der Waals surface area contributed by atoms with Crippen molar-refractivity contribution < 1.29 is 9.72 Å². The fraction of sp³-hybridized carbons (Fsp3) is 0. The minimum Gasteiger partial charge on any atom is -0.322 e. The lowest BCUT2D eigenvalue weighted by atomic mass is 10.1. The van der Waals surface area contributed by atoms with Crippen LogP contribution in [0.25, 0.3) is 10.8 Å². The Morgan fingerprint density at radius 2 is 1.74 bits per heavy atom. The molecule has 114 valence electrons. The number of halogens is 1. The summed E-state index contributed by atoms with van der Waals surface area (Å²) >= 11 is 5.75. The normalized spacial score (nSPS) is 10.5. The molecule has 0 aromatic heterocycles. The Labute approximate surface area is 136 Å². The fourth-order valence-electron chi connectivity index (χ4n) is 2.31. The quantitative estimate of drug-likeness (QED) is 0.562. The second kappa shape index (κ2) is 6.06.